The highest BCUT2D eigenvalue weighted by molar-refractivity contribution is 7.20. The molecule has 0 unspecified atom stereocenters. The van der Waals surface area contributed by atoms with Crippen LogP contribution in [0.3, 0.4) is 0 Å². The maximum absolute atomic E-state index is 5.36. The Labute approximate surface area is 454 Å². The van der Waals surface area contributed by atoms with Crippen LogP contribution in [0.25, 0.3) is 123 Å². The van der Waals surface area contributed by atoms with Crippen molar-refractivity contribution in [1.82, 2.24) is 14.0 Å². The van der Waals surface area contributed by atoms with Gasteiger partial charge in [0.25, 0.3) is 0 Å². The van der Waals surface area contributed by atoms with Crippen molar-refractivity contribution in [2.75, 3.05) is 0 Å². The van der Waals surface area contributed by atoms with Crippen LogP contribution >= 0.6 is 0 Å². The zero-order chi connectivity index (χ0) is 51.5. The van der Waals surface area contributed by atoms with Crippen molar-refractivity contribution in [2.24, 2.45) is 0 Å². The fourth-order valence-corrected chi connectivity index (χ4v) is 18.3. The Bertz CT molecular complexity index is 4700. The monoisotopic (exact) mass is 1010 g/mol. The molecule has 2 aliphatic rings. The second-order valence-corrected chi connectivity index (χ2v) is 24.8. The summed E-state index contributed by atoms with van der Waals surface area (Å²) in [6, 6.07) is 105. The standard InChI is InChI=1S/C74H49N3Si/c1-48-21-20-38-72-73(48)75-74-76(70-36-18-19-37-71(70)77(72)74)49-39-42-64-60-32-14-17-35-63(60)69-47-53(41-44-66(69)59-31-13-15-33-61(59)67(64)45-49)78(50-22-4-2-5-23-50,51-24-6-3-7-25-51)52-40-43-65-58-30-11-10-28-56(58)54-26-8-9-27-55(54)57-29-12-16-34-62(57)68(65)46-52/h2-47H,1H3. The summed E-state index contributed by atoms with van der Waals surface area (Å²) >= 11 is 0. The molecule has 0 saturated carbocycles. The third-order valence-corrected chi connectivity index (χ3v) is 21.7. The first-order valence-corrected chi connectivity index (χ1v) is 29.0. The quantitative estimate of drug-likeness (QED) is 0.124. The van der Waals surface area contributed by atoms with Crippen LogP contribution in [0.1, 0.15) is 5.56 Å². The number of imidazole rings is 2. The number of nitrogens with zero attached hydrogens (tertiary/aromatic N) is 3. The molecule has 0 radical (unpaired) electrons. The fourth-order valence-electron chi connectivity index (χ4n) is 13.6. The molecule has 78 heavy (non-hydrogen) atoms. The first-order valence-electron chi connectivity index (χ1n) is 27.0. The van der Waals surface area contributed by atoms with Gasteiger partial charge in [0.05, 0.1) is 22.1 Å². The zero-order valence-corrected chi connectivity index (χ0v) is 43.9. The second-order valence-electron chi connectivity index (χ2n) is 21.0. The summed E-state index contributed by atoms with van der Waals surface area (Å²) in [5, 5.41) is 5.35. The van der Waals surface area contributed by atoms with Crippen LogP contribution in [0.5, 0.6) is 0 Å². The molecular weight excluding hydrogens is 959 g/mol. The van der Waals surface area contributed by atoms with Gasteiger partial charge in [0.1, 0.15) is 0 Å². The minimum atomic E-state index is -3.16. The SMILES string of the molecule is Cc1cccc2c1nc1n(-c3ccc4c(c3)-c3ccccc3-c3ccc([Si](c5ccccc5)(c5ccccc5)c5ccc6c(c5)-c5ccccc5-c5ccccc5-c5ccccc5-6)cc3-c3ccccc3-4)c3ccccc3n21. The molecule has 0 N–H and O–H groups in total. The number of hydrogen-bond acceptors (Lipinski definition) is 1. The van der Waals surface area contributed by atoms with Gasteiger partial charge >= 0.3 is 0 Å². The third kappa shape index (κ3) is 6.41. The molecule has 0 amide bonds. The van der Waals surface area contributed by atoms with Crippen LogP contribution in [-0.2, 0) is 0 Å². The highest BCUT2D eigenvalue weighted by Gasteiger charge is 2.43. The summed E-state index contributed by atoms with van der Waals surface area (Å²) in [5.41, 5.74) is 26.3. The van der Waals surface area contributed by atoms with E-state index in [4.69, 9.17) is 4.98 Å². The molecule has 364 valence electrons. The largest absolute Gasteiger partial charge is 0.278 e. The summed E-state index contributed by atoms with van der Waals surface area (Å²) in [7, 11) is -3.16. The number of para-hydroxylation sites is 3. The van der Waals surface area contributed by atoms with Crippen molar-refractivity contribution < 1.29 is 0 Å². The second kappa shape index (κ2) is 17.3. The van der Waals surface area contributed by atoms with E-state index in [9.17, 15) is 0 Å². The molecule has 3 nitrogen and oxygen atoms in total. The lowest BCUT2D eigenvalue weighted by Crippen LogP contribution is -2.74. The molecule has 0 fully saturated rings. The molecule has 0 saturated heterocycles. The minimum Gasteiger partial charge on any atom is -0.278 e. The van der Waals surface area contributed by atoms with Gasteiger partial charge < -0.3 is 0 Å². The van der Waals surface area contributed by atoms with Crippen LogP contribution in [0.2, 0.25) is 0 Å². The van der Waals surface area contributed by atoms with Gasteiger partial charge in [-0.3, -0.25) is 8.97 Å². The Morgan fingerprint density at radius 3 is 1.06 bits per heavy atom. The lowest BCUT2D eigenvalue weighted by atomic mass is 9.81. The summed E-state index contributed by atoms with van der Waals surface area (Å²) in [6.45, 7) is 2.15. The average Bonchev–Trinajstić information content (AvgIpc) is 4.08. The lowest BCUT2D eigenvalue weighted by molar-refractivity contribution is 1.11. The van der Waals surface area contributed by atoms with Gasteiger partial charge in [-0.05, 0) is 153 Å². The Morgan fingerprint density at radius 2 is 0.615 bits per heavy atom. The maximum atomic E-state index is 5.36. The molecule has 16 rings (SSSR count). The van der Waals surface area contributed by atoms with Crippen molar-refractivity contribution in [3.8, 4) is 94.7 Å². The topological polar surface area (TPSA) is 22.2 Å². The molecular formula is C74H49N3Si. The Kier molecular flexibility index (Phi) is 9.87. The highest BCUT2D eigenvalue weighted by atomic mass is 28.3. The van der Waals surface area contributed by atoms with Gasteiger partial charge in [-0.25, -0.2) is 4.98 Å². The minimum absolute atomic E-state index is 0.909. The van der Waals surface area contributed by atoms with E-state index in [2.05, 4.69) is 295 Å². The summed E-state index contributed by atoms with van der Waals surface area (Å²) in [4.78, 5) is 5.36. The van der Waals surface area contributed by atoms with Crippen molar-refractivity contribution >= 4 is 56.7 Å². The number of aryl methyl sites for hydroxylation is 1. The Morgan fingerprint density at radius 1 is 0.269 bits per heavy atom. The molecule has 0 spiro atoms. The van der Waals surface area contributed by atoms with Gasteiger partial charge in [-0.2, -0.15) is 0 Å². The summed E-state index contributed by atoms with van der Waals surface area (Å²) in [5.74, 6) is 0.909. The third-order valence-electron chi connectivity index (χ3n) is 17.0. The van der Waals surface area contributed by atoms with E-state index >= 15 is 0 Å². The van der Waals surface area contributed by atoms with E-state index in [0.29, 0.717) is 0 Å². The number of aromatic nitrogens is 3. The molecule has 12 aromatic carbocycles. The summed E-state index contributed by atoms with van der Waals surface area (Å²) < 4.78 is 4.67. The molecule has 0 bridgehead atoms. The van der Waals surface area contributed by atoms with Crippen LogP contribution in [-0.4, -0.2) is 22.0 Å². The predicted octanol–water partition coefficient (Wildman–Crippen LogP) is 16.1. The molecule has 2 heterocycles. The van der Waals surface area contributed by atoms with Gasteiger partial charge in [0.2, 0.25) is 5.78 Å². The molecule has 2 aromatic heterocycles. The lowest BCUT2D eigenvalue weighted by Gasteiger charge is -2.36. The van der Waals surface area contributed by atoms with Crippen LogP contribution in [0.15, 0.2) is 279 Å². The van der Waals surface area contributed by atoms with E-state index in [1.165, 1.54) is 115 Å². The Hall–Kier alpha value is -9.87. The molecule has 14 aromatic rings. The Balaban J connectivity index is 0.948. The van der Waals surface area contributed by atoms with Gasteiger partial charge in [-0.1, -0.05) is 249 Å². The highest BCUT2D eigenvalue weighted by Crippen LogP contribution is 2.50. The molecule has 0 atom stereocenters. The van der Waals surface area contributed by atoms with E-state index in [-0.39, 0.29) is 0 Å². The van der Waals surface area contributed by atoms with Crippen molar-refractivity contribution in [2.45, 2.75) is 6.92 Å². The number of benzene rings is 12. The van der Waals surface area contributed by atoms with Crippen molar-refractivity contribution in [3.63, 3.8) is 0 Å². The molecule has 2 aliphatic carbocycles. The predicted molar refractivity (Wildman–Crippen MR) is 328 cm³/mol. The molecule has 0 aliphatic heterocycles. The van der Waals surface area contributed by atoms with Gasteiger partial charge in [0.15, 0.2) is 8.07 Å². The van der Waals surface area contributed by atoms with Crippen LogP contribution in [0, 0.1) is 6.92 Å². The molecule has 4 heteroatoms. The average molecular weight is 1010 g/mol. The first-order chi connectivity index (χ1) is 38.6. The number of fused-ring (bicyclic) bond motifs is 21. The number of rotatable bonds is 5. The number of hydrogen-bond donors (Lipinski definition) is 0. The fraction of sp³-hybridized carbons (Fsp3) is 0.0135. The van der Waals surface area contributed by atoms with E-state index < -0.39 is 8.07 Å². The smallest absolute Gasteiger partial charge is 0.220 e. The zero-order valence-electron chi connectivity index (χ0n) is 42.9. The maximum Gasteiger partial charge on any atom is 0.220 e. The normalized spacial score (nSPS) is 12.2. The van der Waals surface area contributed by atoms with Crippen LogP contribution in [0.4, 0.5) is 0 Å². The van der Waals surface area contributed by atoms with E-state index in [1.807, 2.05) is 0 Å². The van der Waals surface area contributed by atoms with Crippen LogP contribution < -0.4 is 20.7 Å². The van der Waals surface area contributed by atoms with Gasteiger partial charge in [-0.15, -0.1) is 0 Å². The van der Waals surface area contributed by atoms with E-state index in [1.54, 1.807) is 0 Å². The van der Waals surface area contributed by atoms with Crippen molar-refractivity contribution in [1.29, 1.82) is 0 Å². The first kappa shape index (κ1) is 44.4. The van der Waals surface area contributed by atoms with E-state index in [0.717, 1.165) is 33.5 Å². The van der Waals surface area contributed by atoms with Gasteiger partial charge in [0, 0.05) is 5.69 Å². The summed E-state index contributed by atoms with van der Waals surface area (Å²) in [6.07, 6.45) is 0. The van der Waals surface area contributed by atoms with Crippen molar-refractivity contribution in [3.05, 3.63) is 285 Å².